The fraction of sp³-hybridized carbons (Fsp3) is 1.00. The van der Waals surface area contributed by atoms with Crippen LogP contribution >= 0.6 is 0 Å². The van der Waals surface area contributed by atoms with E-state index < -0.39 is 0 Å². The topological polar surface area (TPSA) is 30.5 Å². The van der Waals surface area contributed by atoms with E-state index in [4.69, 9.17) is 9.47 Å². The van der Waals surface area contributed by atoms with Crippen molar-refractivity contribution in [2.24, 2.45) is 10.8 Å². The second-order valence-corrected chi connectivity index (χ2v) is 5.79. The Morgan fingerprint density at radius 3 is 2.12 bits per heavy atom. The van der Waals surface area contributed by atoms with Gasteiger partial charge in [-0.15, -0.1) is 0 Å². The van der Waals surface area contributed by atoms with Crippen LogP contribution in [0.4, 0.5) is 0 Å². The molecule has 0 amide bonds. The third kappa shape index (κ3) is 2.96. The first kappa shape index (κ1) is 13.9. The third-order valence-electron chi connectivity index (χ3n) is 4.27. The molecule has 1 rings (SSSR count). The maximum atomic E-state index is 5.42. The predicted molar refractivity (Wildman–Crippen MR) is 66.7 cm³/mol. The highest BCUT2D eigenvalue weighted by molar-refractivity contribution is 5.17. The number of rotatable bonds is 8. The van der Waals surface area contributed by atoms with Gasteiger partial charge in [-0.1, -0.05) is 27.7 Å². The van der Waals surface area contributed by atoms with Crippen LogP contribution in [-0.2, 0) is 9.47 Å². The van der Waals surface area contributed by atoms with Gasteiger partial charge in [-0.05, 0) is 23.8 Å². The summed E-state index contributed by atoms with van der Waals surface area (Å²) in [5, 5.41) is 3.62. The lowest BCUT2D eigenvalue weighted by Gasteiger charge is -2.07. The molecular weight excluding hydrogens is 202 g/mol. The summed E-state index contributed by atoms with van der Waals surface area (Å²) in [5.74, 6) is 0. The third-order valence-corrected chi connectivity index (χ3v) is 4.27. The standard InChI is InChI=1S/C13H27NO2/c1-12(2)11(13(12,3)4)14-7-6-8-16-10-9-15-5/h11,14H,6-10H2,1-5H3. The van der Waals surface area contributed by atoms with Gasteiger partial charge in [0, 0.05) is 19.8 Å². The zero-order valence-corrected chi connectivity index (χ0v) is 11.4. The van der Waals surface area contributed by atoms with Crippen molar-refractivity contribution in [1.29, 1.82) is 0 Å². The van der Waals surface area contributed by atoms with E-state index in [1.165, 1.54) is 0 Å². The first-order chi connectivity index (χ1) is 7.44. The van der Waals surface area contributed by atoms with Crippen molar-refractivity contribution in [3.63, 3.8) is 0 Å². The fourth-order valence-electron chi connectivity index (χ4n) is 2.37. The molecule has 0 aliphatic heterocycles. The van der Waals surface area contributed by atoms with E-state index in [0.29, 0.717) is 30.1 Å². The van der Waals surface area contributed by atoms with Gasteiger partial charge in [0.1, 0.15) is 0 Å². The van der Waals surface area contributed by atoms with Crippen molar-refractivity contribution in [3.05, 3.63) is 0 Å². The van der Waals surface area contributed by atoms with Crippen LogP contribution < -0.4 is 5.32 Å². The van der Waals surface area contributed by atoms with Crippen molar-refractivity contribution in [3.8, 4) is 0 Å². The van der Waals surface area contributed by atoms with E-state index in [-0.39, 0.29) is 0 Å². The van der Waals surface area contributed by atoms with Gasteiger partial charge in [-0.25, -0.2) is 0 Å². The van der Waals surface area contributed by atoms with Crippen LogP contribution in [0.3, 0.4) is 0 Å². The second kappa shape index (κ2) is 5.48. The summed E-state index contributed by atoms with van der Waals surface area (Å²) < 4.78 is 10.3. The van der Waals surface area contributed by atoms with Crippen LogP contribution in [0.5, 0.6) is 0 Å². The van der Waals surface area contributed by atoms with Gasteiger partial charge >= 0.3 is 0 Å². The molecule has 0 aromatic heterocycles. The molecule has 1 saturated carbocycles. The first-order valence-electron chi connectivity index (χ1n) is 6.24. The zero-order chi connectivity index (χ0) is 12.2. The molecule has 0 spiro atoms. The molecule has 1 aliphatic rings. The molecule has 3 nitrogen and oxygen atoms in total. The zero-order valence-electron chi connectivity index (χ0n) is 11.4. The summed E-state index contributed by atoms with van der Waals surface area (Å²) in [5.41, 5.74) is 0.869. The number of ether oxygens (including phenoxy) is 2. The monoisotopic (exact) mass is 229 g/mol. The van der Waals surface area contributed by atoms with E-state index in [9.17, 15) is 0 Å². The van der Waals surface area contributed by atoms with E-state index in [2.05, 4.69) is 33.0 Å². The molecule has 0 atom stereocenters. The van der Waals surface area contributed by atoms with Crippen molar-refractivity contribution >= 4 is 0 Å². The van der Waals surface area contributed by atoms with Gasteiger partial charge in [0.05, 0.1) is 13.2 Å². The highest BCUT2D eigenvalue weighted by Crippen LogP contribution is 2.62. The van der Waals surface area contributed by atoms with Crippen molar-refractivity contribution in [2.75, 3.05) is 33.5 Å². The van der Waals surface area contributed by atoms with Gasteiger partial charge in [0.15, 0.2) is 0 Å². The Kier molecular flexibility index (Phi) is 4.77. The maximum Gasteiger partial charge on any atom is 0.0700 e. The lowest BCUT2D eigenvalue weighted by atomic mass is 10.0. The summed E-state index contributed by atoms with van der Waals surface area (Å²) in [6.07, 6.45) is 1.08. The minimum absolute atomic E-state index is 0.434. The predicted octanol–water partition coefficient (Wildman–Crippen LogP) is 2.06. The molecule has 96 valence electrons. The van der Waals surface area contributed by atoms with Crippen LogP contribution in [0.2, 0.25) is 0 Å². The molecule has 0 bridgehead atoms. The van der Waals surface area contributed by atoms with E-state index >= 15 is 0 Å². The molecule has 0 heterocycles. The van der Waals surface area contributed by atoms with Crippen molar-refractivity contribution in [2.45, 2.75) is 40.2 Å². The largest absolute Gasteiger partial charge is 0.382 e. The minimum atomic E-state index is 0.434. The fourth-order valence-corrected chi connectivity index (χ4v) is 2.37. The molecule has 0 saturated heterocycles. The molecule has 0 aromatic rings. The lowest BCUT2D eigenvalue weighted by Crippen LogP contribution is -2.24. The second-order valence-electron chi connectivity index (χ2n) is 5.79. The summed E-state index contributed by atoms with van der Waals surface area (Å²) in [6.45, 7) is 12.6. The van der Waals surface area contributed by atoms with Gasteiger partial charge in [-0.3, -0.25) is 0 Å². The molecule has 1 N–H and O–H groups in total. The van der Waals surface area contributed by atoms with E-state index in [1.807, 2.05) is 0 Å². The van der Waals surface area contributed by atoms with Gasteiger partial charge < -0.3 is 14.8 Å². The van der Waals surface area contributed by atoms with Crippen LogP contribution in [0, 0.1) is 10.8 Å². The summed E-state index contributed by atoms with van der Waals surface area (Å²) >= 11 is 0. The molecule has 1 fully saturated rings. The Morgan fingerprint density at radius 2 is 1.62 bits per heavy atom. The average molecular weight is 229 g/mol. The minimum Gasteiger partial charge on any atom is -0.382 e. The Bertz CT molecular complexity index is 200. The van der Waals surface area contributed by atoms with E-state index in [0.717, 1.165) is 19.6 Å². The summed E-state index contributed by atoms with van der Waals surface area (Å²) in [7, 11) is 1.70. The summed E-state index contributed by atoms with van der Waals surface area (Å²) in [4.78, 5) is 0. The molecule has 0 radical (unpaired) electrons. The number of nitrogens with one attached hydrogen (secondary N) is 1. The lowest BCUT2D eigenvalue weighted by molar-refractivity contribution is 0.0693. The van der Waals surface area contributed by atoms with Crippen molar-refractivity contribution < 1.29 is 9.47 Å². The Morgan fingerprint density at radius 1 is 1.00 bits per heavy atom. The van der Waals surface area contributed by atoms with Crippen LogP contribution in [-0.4, -0.2) is 39.5 Å². The normalized spacial score (nSPS) is 22.3. The van der Waals surface area contributed by atoms with Crippen LogP contribution in [0.25, 0.3) is 0 Å². The van der Waals surface area contributed by atoms with E-state index in [1.54, 1.807) is 7.11 Å². The van der Waals surface area contributed by atoms with Crippen LogP contribution in [0.1, 0.15) is 34.1 Å². The van der Waals surface area contributed by atoms with Gasteiger partial charge in [-0.2, -0.15) is 0 Å². The Balaban J connectivity index is 1.97. The molecule has 16 heavy (non-hydrogen) atoms. The molecule has 0 unspecified atom stereocenters. The van der Waals surface area contributed by atoms with Crippen LogP contribution in [0.15, 0.2) is 0 Å². The molecule has 3 heteroatoms. The molecule has 1 aliphatic carbocycles. The highest BCUT2D eigenvalue weighted by atomic mass is 16.5. The van der Waals surface area contributed by atoms with Crippen molar-refractivity contribution in [1.82, 2.24) is 5.32 Å². The molecule has 0 aromatic carbocycles. The van der Waals surface area contributed by atoms with Gasteiger partial charge in [0.2, 0.25) is 0 Å². The average Bonchev–Trinajstić information content (AvgIpc) is 2.58. The molecular formula is C13H27NO2. The maximum absolute atomic E-state index is 5.42. The Hall–Kier alpha value is -0.120. The first-order valence-corrected chi connectivity index (χ1v) is 6.24. The quantitative estimate of drug-likeness (QED) is 0.646. The van der Waals surface area contributed by atoms with Gasteiger partial charge in [0.25, 0.3) is 0 Å². The smallest absolute Gasteiger partial charge is 0.0700 e. The Labute approximate surface area is 99.9 Å². The summed E-state index contributed by atoms with van der Waals surface area (Å²) in [6, 6.07) is 0.652. The SMILES string of the molecule is COCCOCCCNC1C(C)(C)C1(C)C. The highest BCUT2D eigenvalue weighted by Gasteiger charge is 2.64. The number of hydrogen-bond donors (Lipinski definition) is 1. The number of methoxy groups -OCH3 is 1. The number of hydrogen-bond acceptors (Lipinski definition) is 3.